The molecule has 0 radical (unpaired) electrons. The van der Waals surface area contributed by atoms with E-state index in [1.807, 2.05) is 6.07 Å². The summed E-state index contributed by atoms with van der Waals surface area (Å²) < 4.78 is 4.85. The molecular weight excluding hydrogens is 182 g/mol. The van der Waals surface area contributed by atoms with Crippen LogP contribution in [0.15, 0.2) is 18.3 Å². The molecular formula is C9H9N3O2. The van der Waals surface area contributed by atoms with E-state index in [0.717, 1.165) is 0 Å². The highest BCUT2D eigenvalue weighted by Crippen LogP contribution is 2.07. The van der Waals surface area contributed by atoms with Crippen LogP contribution in [0.2, 0.25) is 0 Å². The molecule has 5 nitrogen and oxygen atoms in total. The smallest absolute Gasteiger partial charge is 0.252 e. The van der Waals surface area contributed by atoms with Gasteiger partial charge in [-0.25, -0.2) is 4.98 Å². The maximum absolute atomic E-state index is 11.3. The van der Waals surface area contributed by atoms with Crippen LogP contribution < -0.4 is 10.1 Å². The van der Waals surface area contributed by atoms with Crippen molar-refractivity contribution >= 4 is 5.91 Å². The third kappa shape index (κ3) is 2.45. The standard InChI is InChI=1S/C9H9N3O2/c1-14-8-6-7(2-4-11-8)9(13)12-5-3-10/h2,4,6H,5H2,1H3,(H,12,13). The fraction of sp³-hybridized carbons (Fsp3) is 0.222. The number of nitrogens with one attached hydrogen (secondary N) is 1. The number of nitriles is 1. The van der Waals surface area contributed by atoms with E-state index >= 15 is 0 Å². The molecule has 0 saturated carbocycles. The van der Waals surface area contributed by atoms with E-state index in [2.05, 4.69) is 10.3 Å². The molecule has 1 aromatic rings. The third-order valence-electron chi connectivity index (χ3n) is 1.53. The second kappa shape index (κ2) is 4.82. The monoisotopic (exact) mass is 191 g/mol. The Bertz CT molecular complexity index is 371. The first-order valence-electron chi connectivity index (χ1n) is 3.93. The van der Waals surface area contributed by atoms with Crippen molar-refractivity contribution in [2.24, 2.45) is 0 Å². The van der Waals surface area contributed by atoms with Crippen LogP contribution in [0.25, 0.3) is 0 Å². The van der Waals surface area contributed by atoms with Gasteiger partial charge in [0.25, 0.3) is 5.91 Å². The molecule has 0 unspecified atom stereocenters. The summed E-state index contributed by atoms with van der Waals surface area (Å²) in [6.45, 7) is -0.0104. The second-order valence-electron chi connectivity index (χ2n) is 2.43. The number of aromatic nitrogens is 1. The number of amides is 1. The largest absolute Gasteiger partial charge is 0.481 e. The van der Waals surface area contributed by atoms with Crippen molar-refractivity contribution in [2.45, 2.75) is 0 Å². The summed E-state index contributed by atoms with van der Waals surface area (Å²) in [5, 5.41) is 10.7. The van der Waals surface area contributed by atoms with Gasteiger partial charge in [-0.05, 0) is 6.07 Å². The molecule has 72 valence electrons. The molecule has 0 aliphatic carbocycles. The first-order chi connectivity index (χ1) is 6.77. The minimum atomic E-state index is -0.313. The van der Waals surface area contributed by atoms with Crippen LogP contribution in [-0.2, 0) is 0 Å². The summed E-state index contributed by atoms with van der Waals surface area (Å²) >= 11 is 0. The van der Waals surface area contributed by atoms with Crippen molar-refractivity contribution in [3.8, 4) is 11.9 Å². The second-order valence-corrected chi connectivity index (χ2v) is 2.43. The minimum Gasteiger partial charge on any atom is -0.481 e. The minimum absolute atomic E-state index is 0.0104. The summed E-state index contributed by atoms with van der Waals surface area (Å²) in [6, 6.07) is 4.88. The third-order valence-corrected chi connectivity index (χ3v) is 1.53. The normalized spacial score (nSPS) is 8.86. The summed E-state index contributed by atoms with van der Waals surface area (Å²) in [5.41, 5.74) is 0.423. The molecule has 0 spiro atoms. The molecule has 0 fully saturated rings. The highest BCUT2D eigenvalue weighted by molar-refractivity contribution is 5.94. The zero-order valence-electron chi connectivity index (χ0n) is 7.65. The van der Waals surface area contributed by atoms with E-state index in [9.17, 15) is 4.79 Å². The molecule has 0 atom stereocenters. The van der Waals surface area contributed by atoms with Crippen LogP contribution in [0.3, 0.4) is 0 Å². The highest BCUT2D eigenvalue weighted by atomic mass is 16.5. The average molecular weight is 191 g/mol. The summed E-state index contributed by atoms with van der Waals surface area (Å²) in [7, 11) is 1.47. The van der Waals surface area contributed by atoms with E-state index in [4.69, 9.17) is 10.00 Å². The summed E-state index contributed by atoms with van der Waals surface area (Å²) in [5.74, 6) is 0.0573. The summed E-state index contributed by atoms with van der Waals surface area (Å²) in [6.07, 6.45) is 1.47. The molecule has 1 heterocycles. The SMILES string of the molecule is COc1cc(C(=O)NCC#N)ccn1. The van der Waals surface area contributed by atoms with Crippen LogP contribution in [0.1, 0.15) is 10.4 Å². The predicted molar refractivity (Wildman–Crippen MR) is 48.7 cm³/mol. The number of hydrogen-bond acceptors (Lipinski definition) is 4. The van der Waals surface area contributed by atoms with Crippen LogP contribution in [0.5, 0.6) is 5.88 Å². The lowest BCUT2D eigenvalue weighted by Crippen LogP contribution is -2.23. The van der Waals surface area contributed by atoms with Crippen LogP contribution in [0.4, 0.5) is 0 Å². The molecule has 1 N–H and O–H groups in total. The molecule has 1 rings (SSSR count). The number of ether oxygens (including phenoxy) is 1. The number of methoxy groups -OCH3 is 1. The first-order valence-corrected chi connectivity index (χ1v) is 3.93. The highest BCUT2D eigenvalue weighted by Gasteiger charge is 2.05. The number of carbonyl (C=O) groups is 1. The molecule has 0 aromatic carbocycles. The molecule has 0 aliphatic heterocycles. The molecule has 1 aromatic heterocycles. The molecule has 5 heteroatoms. The van der Waals surface area contributed by atoms with Crippen molar-refractivity contribution in [1.82, 2.24) is 10.3 Å². The summed E-state index contributed by atoms with van der Waals surface area (Å²) in [4.78, 5) is 15.2. The van der Waals surface area contributed by atoms with Gasteiger partial charge in [-0.1, -0.05) is 0 Å². The Balaban J connectivity index is 2.75. The Hall–Kier alpha value is -2.09. The van der Waals surface area contributed by atoms with Gasteiger partial charge >= 0.3 is 0 Å². The zero-order valence-corrected chi connectivity index (χ0v) is 7.65. The van der Waals surface area contributed by atoms with Crippen molar-refractivity contribution in [1.29, 1.82) is 5.26 Å². The zero-order chi connectivity index (χ0) is 10.4. The van der Waals surface area contributed by atoms with Crippen LogP contribution >= 0.6 is 0 Å². The Labute approximate surface area is 81.3 Å². The molecule has 0 saturated heterocycles. The van der Waals surface area contributed by atoms with Gasteiger partial charge in [0.15, 0.2) is 0 Å². The van der Waals surface area contributed by atoms with Crippen molar-refractivity contribution < 1.29 is 9.53 Å². The van der Waals surface area contributed by atoms with E-state index in [-0.39, 0.29) is 12.5 Å². The Morgan fingerprint density at radius 1 is 1.79 bits per heavy atom. The lowest BCUT2D eigenvalue weighted by Gasteiger charge is -2.02. The number of nitrogens with zero attached hydrogens (tertiary/aromatic N) is 2. The van der Waals surface area contributed by atoms with Gasteiger partial charge in [0.1, 0.15) is 6.54 Å². The number of pyridine rings is 1. The van der Waals surface area contributed by atoms with Crippen LogP contribution in [-0.4, -0.2) is 24.5 Å². The fourth-order valence-corrected chi connectivity index (χ4v) is 0.884. The van der Waals surface area contributed by atoms with E-state index in [1.54, 1.807) is 6.07 Å². The predicted octanol–water partition coefficient (Wildman–Crippen LogP) is 0.344. The first kappa shape index (κ1) is 9.99. The molecule has 1 amide bonds. The molecule has 0 aliphatic rings. The van der Waals surface area contributed by atoms with Crippen LogP contribution in [0, 0.1) is 11.3 Å². The van der Waals surface area contributed by atoms with Gasteiger partial charge in [-0.15, -0.1) is 0 Å². The van der Waals surface area contributed by atoms with E-state index in [1.165, 1.54) is 19.4 Å². The topological polar surface area (TPSA) is 75.0 Å². The van der Waals surface area contributed by atoms with Crippen molar-refractivity contribution in [2.75, 3.05) is 13.7 Å². The van der Waals surface area contributed by atoms with Gasteiger partial charge in [-0.2, -0.15) is 5.26 Å². The fourth-order valence-electron chi connectivity index (χ4n) is 0.884. The van der Waals surface area contributed by atoms with E-state index < -0.39 is 0 Å². The molecule has 0 bridgehead atoms. The maximum Gasteiger partial charge on any atom is 0.252 e. The van der Waals surface area contributed by atoms with Crippen molar-refractivity contribution in [3.63, 3.8) is 0 Å². The number of rotatable bonds is 3. The number of carbonyl (C=O) groups excluding carboxylic acids is 1. The van der Waals surface area contributed by atoms with Gasteiger partial charge < -0.3 is 10.1 Å². The van der Waals surface area contributed by atoms with Gasteiger partial charge in [0.05, 0.1) is 13.2 Å². The van der Waals surface area contributed by atoms with Crippen molar-refractivity contribution in [3.05, 3.63) is 23.9 Å². The lowest BCUT2D eigenvalue weighted by molar-refractivity contribution is 0.0958. The average Bonchev–Trinajstić information content (AvgIpc) is 2.26. The van der Waals surface area contributed by atoms with Gasteiger partial charge in [0, 0.05) is 17.8 Å². The quantitative estimate of drug-likeness (QED) is 0.699. The van der Waals surface area contributed by atoms with Gasteiger partial charge in [-0.3, -0.25) is 4.79 Å². The van der Waals surface area contributed by atoms with E-state index in [0.29, 0.717) is 11.4 Å². The number of hydrogen-bond donors (Lipinski definition) is 1. The molecule has 14 heavy (non-hydrogen) atoms. The Morgan fingerprint density at radius 2 is 2.57 bits per heavy atom. The Morgan fingerprint density at radius 3 is 3.21 bits per heavy atom. The maximum atomic E-state index is 11.3. The Kier molecular flexibility index (Phi) is 3.44. The lowest BCUT2D eigenvalue weighted by atomic mass is 10.2. The van der Waals surface area contributed by atoms with Gasteiger partial charge in [0.2, 0.25) is 5.88 Å².